The van der Waals surface area contributed by atoms with Crippen molar-refractivity contribution in [3.05, 3.63) is 0 Å². The molecule has 1 aliphatic carbocycles. The molecule has 1 unspecified atom stereocenters. The highest BCUT2D eigenvalue weighted by atomic mass is 19.4. The largest absolute Gasteiger partial charge is 0.398 e. The van der Waals surface area contributed by atoms with Crippen LogP contribution < -0.4 is 0 Å². The van der Waals surface area contributed by atoms with E-state index >= 15 is 0 Å². The summed E-state index contributed by atoms with van der Waals surface area (Å²) in [5.41, 5.74) is -1.74. The summed E-state index contributed by atoms with van der Waals surface area (Å²) in [7, 11) is 0. The number of carbonyl (C=O) groups is 1. The molecule has 5 heteroatoms. The standard InChI is InChI=1S/C15H24F4O/c1-12(15(17,18)19)13(20)11-14(16)9-7-5-3-2-4-6-8-10-14/h12H,2-11H2,1H3. The van der Waals surface area contributed by atoms with E-state index < -0.39 is 30.0 Å². The molecule has 0 saturated heterocycles. The second kappa shape index (κ2) is 7.41. The van der Waals surface area contributed by atoms with Crippen molar-refractivity contribution >= 4 is 5.78 Å². The van der Waals surface area contributed by atoms with Crippen molar-refractivity contribution in [2.75, 3.05) is 0 Å². The highest BCUT2D eigenvalue weighted by Gasteiger charge is 2.44. The minimum absolute atomic E-state index is 0.212. The molecule has 0 spiro atoms. The van der Waals surface area contributed by atoms with Gasteiger partial charge in [-0.1, -0.05) is 44.9 Å². The minimum atomic E-state index is -4.57. The lowest BCUT2D eigenvalue weighted by atomic mass is 9.83. The Morgan fingerprint density at radius 1 is 1.00 bits per heavy atom. The fourth-order valence-electron chi connectivity index (χ4n) is 2.72. The molecule has 1 atom stereocenters. The van der Waals surface area contributed by atoms with Gasteiger partial charge >= 0.3 is 6.18 Å². The molecule has 1 fully saturated rings. The van der Waals surface area contributed by atoms with Crippen LogP contribution in [0, 0.1) is 5.92 Å². The number of hydrogen-bond donors (Lipinski definition) is 0. The van der Waals surface area contributed by atoms with Crippen LogP contribution in [-0.4, -0.2) is 17.6 Å². The highest BCUT2D eigenvalue weighted by molar-refractivity contribution is 5.82. The SMILES string of the molecule is CC(C(=O)CC1(F)CCCCCCCCC1)C(F)(F)F. The molecule has 1 saturated carbocycles. The van der Waals surface area contributed by atoms with Crippen LogP contribution in [0.5, 0.6) is 0 Å². The first-order valence-electron chi connectivity index (χ1n) is 7.53. The van der Waals surface area contributed by atoms with Gasteiger partial charge in [-0.25, -0.2) is 4.39 Å². The van der Waals surface area contributed by atoms with E-state index in [1.54, 1.807) is 0 Å². The number of Topliss-reactive ketones (excluding diaryl/α,β-unsaturated/α-hetero) is 1. The fourth-order valence-corrected chi connectivity index (χ4v) is 2.72. The van der Waals surface area contributed by atoms with E-state index in [1.165, 1.54) is 0 Å². The maximum Gasteiger partial charge on any atom is 0.398 e. The fraction of sp³-hybridized carbons (Fsp3) is 0.933. The lowest BCUT2D eigenvalue weighted by Crippen LogP contribution is -2.34. The van der Waals surface area contributed by atoms with Gasteiger partial charge in [0.05, 0.1) is 0 Å². The van der Waals surface area contributed by atoms with Gasteiger partial charge < -0.3 is 0 Å². The Labute approximate surface area is 118 Å². The van der Waals surface area contributed by atoms with Crippen molar-refractivity contribution < 1.29 is 22.4 Å². The number of halogens is 4. The van der Waals surface area contributed by atoms with Crippen LogP contribution in [0.25, 0.3) is 0 Å². The minimum Gasteiger partial charge on any atom is -0.299 e. The number of ketones is 1. The smallest absolute Gasteiger partial charge is 0.299 e. The predicted molar refractivity (Wildman–Crippen MR) is 70.2 cm³/mol. The normalized spacial score (nSPS) is 23.1. The van der Waals surface area contributed by atoms with Crippen molar-refractivity contribution in [3.63, 3.8) is 0 Å². The Balaban J connectivity index is 2.61. The molecule has 118 valence electrons. The summed E-state index contributed by atoms with van der Waals surface area (Å²) in [6.07, 6.45) is 1.61. The molecule has 0 aromatic rings. The second-order valence-corrected chi connectivity index (χ2v) is 6.03. The van der Waals surface area contributed by atoms with Crippen LogP contribution in [0.4, 0.5) is 17.6 Å². The van der Waals surface area contributed by atoms with Gasteiger partial charge in [0.1, 0.15) is 17.4 Å². The molecule has 0 aliphatic heterocycles. The van der Waals surface area contributed by atoms with Crippen molar-refractivity contribution in [2.45, 2.75) is 83.0 Å². The number of rotatable bonds is 3. The summed E-state index contributed by atoms with van der Waals surface area (Å²) in [6, 6.07) is 0. The van der Waals surface area contributed by atoms with Gasteiger partial charge in [-0.2, -0.15) is 13.2 Å². The van der Waals surface area contributed by atoms with Gasteiger partial charge in [-0.3, -0.25) is 4.79 Å². The predicted octanol–water partition coefficient (Wildman–Crippen LogP) is 5.38. The maximum atomic E-state index is 14.7. The third-order valence-corrected chi connectivity index (χ3v) is 4.21. The van der Waals surface area contributed by atoms with E-state index in [1.807, 2.05) is 0 Å². The van der Waals surface area contributed by atoms with E-state index in [9.17, 15) is 22.4 Å². The van der Waals surface area contributed by atoms with Crippen molar-refractivity contribution in [1.29, 1.82) is 0 Å². The molecule has 0 radical (unpaired) electrons. The topological polar surface area (TPSA) is 17.1 Å². The Hall–Kier alpha value is -0.610. The first-order valence-corrected chi connectivity index (χ1v) is 7.53. The van der Waals surface area contributed by atoms with Crippen LogP contribution >= 0.6 is 0 Å². The summed E-state index contributed by atoms with van der Waals surface area (Å²) < 4.78 is 52.2. The van der Waals surface area contributed by atoms with Gasteiger partial charge in [0.15, 0.2) is 0 Å². The number of alkyl halides is 4. The van der Waals surface area contributed by atoms with Crippen LogP contribution in [0.1, 0.15) is 71.1 Å². The zero-order chi connectivity index (χ0) is 15.2. The van der Waals surface area contributed by atoms with Gasteiger partial charge in [0.2, 0.25) is 0 Å². The zero-order valence-electron chi connectivity index (χ0n) is 12.1. The van der Waals surface area contributed by atoms with E-state index in [0.29, 0.717) is 12.8 Å². The average Bonchev–Trinajstić information content (AvgIpc) is 2.35. The third kappa shape index (κ3) is 5.80. The molecule has 0 amide bonds. The molecular weight excluding hydrogens is 272 g/mol. The van der Waals surface area contributed by atoms with Gasteiger partial charge in [-0.15, -0.1) is 0 Å². The zero-order valence-corrected chi connectivity index (χ0v) is 12.1. The summed E-state index contributed by atoms with van der Waals surface area (Å²) >= 11 is 0. The number of carbonyl (C=O) groups excluding carboxylic acids is 1. The van der Waals surface area contributed by atoms with E-state index in [4.69, 9.17) is 0 Å². The summed E-state index contributed by atoms with van der Waals surface area (Å²) in [5.74, 6) is -3.08. The van der Waals surface area contributed by atoms with Crippen LogP contribution in [0.15, 0.2) is 0 Å². The monoisotopic (exact) mass is 296 g/mol. The molecule has 0 bridgehead atoms. The molecule has 0 heterocycles. The first kappa shape index (κ1) is 17.4. The molecule has 1 rings (SSSR count). The Morgan fingerprint density at radius 3 is 1.80 bits per heavy atom. The van der Waals surface area contributed by atoms with Gasteiger partial charge in [0, 0.05) is 6.42 Å². The Morgan fingerprint density at radius 2 is 1.40 bits per heavy atom. The average molecular weight is 296 g/mol. The summed E-state index contributed by atoms with van der Waals surface area (Å²) in [6.45, 7) is 0.825. The first-order chi connectivity index (χ1) is 9.25. The molecule has 20 heavy (non-hydrogen) atoms. The van der Waals surface area contributed by atoms with Crippen LogP contribution in [-0.2, 0) is 4.79 Å². The summed E-state index contributed by atoms with van der Waals surface area (Å²) in [5, 5.41) is 0. The van der Waals surface area contributed by atoms with Crippen LogP contribution in [0.2, 0.25) is 0 Å². The van der Waals surface area contributed by atoms with Crippen molar-refractivity contribution in [1.82, 2.24) is 0 Å². The van der Waals surface area contributed by atoms with Gasteiger partial charge in [-0.05, 0) is 19.8 Å². The molecule has 1 aliphatic rings. The Bertz CT molecular complexity index is 301. The number of hydrogen-bond acceptors (Lipinski definition) is 1. The second-order valence-electron chi connectivity index (χ2n) is 6.03. The van der Waals surface area contributed by atoms with Crippen LogP contribution in [0.3, 0.4) is 0 Å². The van der Waals surface area contributed by atoms with E-state index in [-0.39, 0.29) is 12.8 Å². The highest BCUT2D eigenvalue weighted by Crippen LogP contribution is 2.35. The van der Waals surface area contributed by atoms with Crippen molar-refractivity contribution in [2.24, 2.45) is 5.92 Å². The summed E-state index contributed by atoms with van der Waals surface area (Å²) in [4.78, 5) is 11.7. The lowest BCUT2D eigenvalue weighted by molar-refractivity contribution is -0.179. The quantitative estimate of drug-likeness (QED) is 0.639. The molecule has 0 aromatic heterocycles. The molecule has 0 aromatic carbocycles. The van der Waals surface area contributed by atoms with Crippen molar-refractivity contribution in [3.8, 4) is 0 Å². The molecule has 0 N–H and O–H groups in total. The Kier molecular flexibility index (Phi) is 6.46. The van der Waals surface area contributed by atoms with E-state index in [0.717, 1.165) is 39.0 Å². The third-order valence-electron chi connectivity index (χ3n) is 4.21. The lowest BCUT2D eigenvalue weighted by Gasteiger charge is -2.27. The van der Waals surface area contributed by atoms with E-state index in [2.05, 4.69) is 0 Å². The molecule has 1 nitrogen and oxygen atoms in total. The van der Waals surface area contributed by atoms with Gasteiger partial charge in [0.25, 0.3) is 0 Å². The molecular formula is C15H24F4O. The maximum absolute atomic E-state index is 14.7.